The molecule has 4 aromatic rings. The quantitative estimate of drug-likeness (QED) is 0.329. The van der Waals surface area contributed by atoms with Gasteiger partial charge in [-0.1, -0.05) is 12.1 Å². The summed E-state index contributed by atoms with van der Waals surface area (Å²) in [6.45, 7) is 4.96. The number of fused-ring (bicyclic) bond motifs is 2. The molecule has 0 saturated carbocycles. The molecule has 0 unspecified atom stereocenters. The zero-order valence-electron chi connectivity index (χ0n) is 22.4. The first-order chi connectivity index (χ1) is 19.8. The Morgan fingerprint density at radius 2 is 1.90 bits per heavy atom. The van der Waals surface area contributed by atoms with Crippen LogP contribution in [0.3, 0.4) is 0 Å². The summed E-state index contributed by atoms with van der Waals surface area (Å²) in [5, 5.41) is 2.65. The van der Waals surface area contributed by atoms with E-state index in [2.05, 4.69) is 20.1 Å². The van der Waals surface area contributed by atoms with Gasteiger partial charge in [0, 0.05) is 55.4 Å². The standard InChI is InChI=1S/C30H30F3N5O3/c31-30(32,33)23-16-24(18-26(17-23)41-14-11-36-9-12-40-13-10-36)35-29(39)22-5-4-21-6-8-37(27(21)15-22)20-25-19-34-28-3-1-2-7-38(25)28/h1-5,7,15-19H,6,8-14,20H2,(H,35,39). The zero-order valence-corrected chi connectivity index (χ0v) is 22.4. The molecule has 1 fully saturated rings. The maximum atomic E-state index is 13.7. The molecule has 0 radical (unpaired) electrons. The monoisotopic (exact) mass is 565 g/mol. The SMILES string of the molecule is O=C(Nc1cc(OCCN2CCOCC2)cc(C(F)(F)F)c1)c1ccc2c(c1)N(Cc1cnc3ccccn13)CC2. The van der Waals surface area contributed by atoms with E-state index in [4.69, 9.17) is 9.47 Å². The second-order valence-electron chi connectivity index (χ2n) is 10.2. The molecule has 11 heteroatoms. The molecule has 1 saturated heterocycles. The molecule has 2 aliphatic rings. The van der Waals surface area contributed by atoms with Crippen LogP contribution in [0.25, 0.3) is 5.65 Å². The van der Waals surface area contributed by atoms with E-state index in [1.165, 1.54) is 6.07 Å². The number of pyridine rings is 1. The predicted octanol–water partition coefficient (Wildman–Crippen LogP) is 4.88. The van der Waals surface area contributed by atoms with E-state index in [-0.39, 0.29) is 18.0 Å². The van der Waals surface area contributed by atoms with Gasteiger partial charge in [0.2, 0.25) is 0 Å². The van der Waals surface area contributed by atoms with E-state index < -0.39 is 17.6 Å². The van der Waals surface area contributed by atoms with Crippen LogP contribution >= 0.6 is 0 Å². The lowest BCUT2D eigenvalue weighted by Crippen LogP contribution is -2.38. The highest BCUT2D eigenvalue weighted by Crippen LogP contribution is 2.35. The molecule has 0 spiro atoms. The number of amides is 1. The summed E-state index contributed by atoms with van der Waals surface area (Å²) in [7, 11) is 0. The number of nitrogens with one attached hydrogen (secondary N) is 1. The van der Waals surface area contributed by atoms with Crippen molar-refractivity contribution in [2.75, 3.05) is 56.2 Å². The Morgan fingerprint density at radius 3 is 2.73 bits per heavy atom. The minimum Gasteiger partial charge on any atom is -0.492 e. The van der Waals surface area contributed by atoms with E-state index in [0.29, 0.717) is 31.9 Å². The summed E-state index contributed by atoms with van der Waals surface area (Å²) in [5.41, 5.74) is 3.43. The Bertz CT molecular complexity index is 1550. The van der Waals surface area contributed by atoms with Gasteiger partial charge in [-0.05, 0) is 48.4 Å². The Labute approximate surface area is 235 Å². The van der Waals surface area contributed by atoms with E-state index in [0.717, 1.165) is 60.8 Å². The number of alkyl halides is 3. The van der Waals surface area contributed by atoms with Gasteiger partial charge in [0.05, 0.1) is 37.2 Å². The molecule has 214 valence electrons. The van der Waals surface area contributed by atoms with Crippen molar-refractivity contribution >= 4 is 22.9 Å². The van der Waals surface area contributed by atoms with E-state index >= 15 is 0 Å². The maximum Gasteiger partial charge on any atom is 0.416 e. The number of imidazole rings is 1. The Balaban J connectivity index is 1.17. The Hall–Kier alpha value is -4.09. The second kappa shape index (κ2) is 11.4. The molecule has 0 atom stereocenters. The molecule has 0 aliphatic carbocycles. The van der Waals surface area contributed by atoms with Gasteiger partial charge in [0.1, 0.15) is 18.0 Å². The normalized spacial score (nSPS) is 15.7. The Kier molecular flexibility index (Phi) is 7.55. The van der Waals surface area contributed by atoms with Crippen LogP contribution in [0.15, 0.2) is 67.0 Å². The molecule has 2 aliphatic heterocycles. The lowest BCUT2D eigenvalue weighted by atomic mass is 10.1. The third-order valence-corrected chi connectivity index (χ3v) is 7.46. The lowest BCUT2D eigenvalue weighted by Gasteiger charge is -2.26. The third kappa shape index (κ3) is 6.15. The van der Waals surface area contributed by atoms with Crippen molar-refractivity contribution in [2.24, 2.45) is 0 Å². The van der Waals surface area contributed by atoms with E-state index in [1.54, 1.807) is 12.1 Å². The van der Waals surface area contributed by atoms with Crippen molar-refractivity contribution in [3.63, 3.8) is 0 Å². The van der Waals surface area contributed by atoms with Crippen LogP contribution in [-0.2, 0) is 23.9 Å². The molecule has 1 N–H and O–H groups in total. The highest BCUT2D eigenvalue weighted by Gasteiger charge is 2.32. The molecule has 8 nitrogen and oxygen atoms in total. The largest absolute Gasteiger partial charge is 0.492 e. The summed E-state index contributed by atoms with van der Waals surface area (Å²) in [6, 6.07) is 14.6. The Morgan fingerprint density at radius 1 is 1.05 bits per heavy atom. The molecule has 1 amide bonds. The highest BCUT2D eigenvalue weighted by atomic mass is 19.4. The van der Waals surface area contributed by atoms with Gasteiger partial charge in [-0.3, -0.25) is 9.69 Å². The number of ether oxygens (including phenoxy) is 2. The van der Waals surface area contributed by atoms with Crippen LogP contribution in [0.5, 0.6) is 5.75 Å². The van der Waals surface area contributed by atoms with Crippen LogP contribution in [0.1, 0.15) is 27.2 Å². The number of morpholine rings is 1. The zero-order chi connectivity index (χ0) is 28.4. The van der Waals surface area contributed by atoms with Crippen molar-refractivity contribution in [3.8, 4) is 5.75 Å². The van der Waals surface area contributed by atoms with Crippen LogP contribution in [-0.4, -0.2) is 66.2 Å². The number of nitrogens with zero attached hydrogens (tertiary/aromatic N) is 4. The van der Waals surface area contributed by atoms with Gasteiger partial charge in [-0.15, -0.1) is 0 Å². The van der Waals surface area contributed by atoms with Gasteiger partial charge in [0.15, 0.2) is 0 Å². The van der Waals surface area contributed by atoms with E-state index in [9.17, 15) is 18.0 Å². The van der Waals surface area contributed by atoms with Crippen molar-refractivity contribution < 1.29 is 27.4 Å². The summed E-state index contributed by atoms with van der Waals surface area (Å²) in [4.78, 5) is 22.0. The third-order valence-electron chi connectivity index (χ3n) is 7.46. The molecular weight excluding hydrogens is 535 g/mol. The number of carbonyl (C=O) groups excluding carboxylic acids is 1. The average molecular weight is 566 g/mol. The lowest BCUT2D eigenvalue weighted by molar-refractivity contribution is -0.137. The second-order valence-corrected chi connectivity index (χ2v) is 10.2. The first-order valence-corrected chi connectivity index (χ1v) is 13.6. The predicted molar refractivity (Wildman–Crippen MR) is 149 cm³/mol. The highest BCUT2D eigenvalue weighted by molar-refractivity contribution is 6.05. The van der Waals surface area contributed by atoms with Crippen molar-refractivity contribution in [1.29, 1.82) is 0 Å². The summed E-state index contributed by atoms with van der Waals surface area (Å²) in [6.07, 6.45) is 0.0635. The summed E-state index contributed by atoms with van der Waals surface area (Å²) < 4.78 is 54.0. The maximum absolute atomic E-state index is 13.7. The minimum atomic E-state index is -4.59. The summed E-state index contributed by atoms with van der Waals surface area (Å²) in [5.74, 6) is -0.440. The number of halogens is 3. The van der Waals surface area contributed by atoms with Gasteiger partial charge in [-0.25, -0.2) is 4.98 Å². The molecule has 6 rings (SSSR count). The number of hydrogen-bond donors (Lipinski definition) is 1. The fraction of sp³-hybridized carbons (Fsp3) is 0.333. The van der Waals surface area contributed by atoms with Crippen molar-refractivity contribution in [1.82, 2.24) is 14.3 Å². The van der Waals surface area contributed by atoms with Crippen LogP contribution in [0.2, 0.25) is 0 Å². The molecule has 0 bridgehead atoms. The summed E-state index contributed by atoms with van der Waals surface area (Å²) >= 11 is 0. The molecular formula is C30H30F3N5O3. The van der Waals surface area contributed by atoms with Crippen molar-refractivity contribution in [3.05, 3.63) is 89.4 Å². The molecule has 2 aromatic heterocycles. The van der Waals surface area contributed by atoms with Crippen LogP contribution in [0.4, 0.5) is 24.5 Å². The number of carbonyl (C=O) groups is 1. The average Bonchev–Trinajstić information content (AvgIpc) is 3.57. The van der Waals surface area contributed by atoms with Gasteiger partial charge >= 0.3 is 6.18 Å². The van der Waals surface area contributed by atoms with Crippen molar-refractivity contribution in [2.45, 2.75) is 19.1 Å². The smallest absolute Gasteiger partial charge is 0.416 e. The fourth-order valence-corrected chi connectivity index (χ4v) is 5.29. The first kappa shape index (κ1) is 27.1. The number of rotatable bonds is 8. The number of hydrogen-bond acceptors (Lipinski definition) is 6. The van der Waals surface area contributed by atoms with Gasteiger partial charge < -0.3 is 24.1 Å². The van der Waals surface area contributed by atoms with Gasteiger partial charge in [0.25, 0.3) is 5.91 Å². The van der Waals surface area contributed by atoms with Crippen LogP contribution in [0, 0.1) is 0 Å². The number of aromatic nitrogens is 2. The topological polar surface area (TPSA) is 71.3 Å². The minimum absolute atomic E-state index is 0.0225. The number of anilines is 2. The molecule has 2 aromatic carbocycles. The number of benzene rings is 2. The van der Waals surface area contributed by atoms with Gasteiger partial charge in [-0.2, -0.15) is 13.2 Å². The first-order valence-electron chi connectivity index (χ1n) is 13.6. The molecule has 41 heavy (non-hydrogen) atoms. The van der Waals surface area contributed by atoms with E-state index in [1.807, 2.05) is 41.1 Å². The van der Waals surface area contributed by atoms with Crippen LogP contribution < -0.4 is 15.0 Å². The fourth-order valence-electron chi connectivity index (χ4n) is 5.29. The molecule has 4 heterocycles.